The molecule has 0 saturated carbocycles. The minimum absolute atomic E-state index is 0.0655. The second kappa shape index (κ2) is 5.32. The van der Waals surface area contributed by atoms with Gasteiger partial charge in [-0.2, -0.15) is 0 Å². The summed E-state index contributed by atoms with van der Waals surface area (Å²) >= 11 is 0. The normalized spacial score (nSPS) is 15.2. The molecule has 1 aliphatic heterocycles. The molecular weight excluding hydrogens is 216 g/mol. The van der Waals surface area contributed by atoms with Crippen LogP contribution in [0.2, 0.25) is 0 Å². The van der Waals surface area contributed by atoms with Crippen LogP contribution in [-0.2, 0) is 17.6 Å². The number of benzene rings is 1. The molecule has 0 saturated heterocycles. The fourth-order valence-electron chi connectivity index (χ4n) is 2.06. The van der Waals surface area contributed by atoms with Crippen LogP contribution in [0.5, 0.6) is 5.75 Å². The lowest BCUT2D eigenvalue weighted by atomic mass is 10.0. The molecule has 1 aromatic carbocycles. The molecule has 1 N–H and O–H groups in total. The number of ether oxygens (including phenoxy) is 1. The average Bonchev–Trinajstić information content (AvgIpc) is 2.82. The van der Waals surface area contributed by atoms with Crippen molar-refractivity contribution in [2.75, 3.05) is 6.61 Å². The molecule has 0 spiro atoms. The van der Waals surface area contributed by atoms with E-state index in [9.17, 15) is 9.90 Å². The second-order valence-electron chi connectivity index (χ2n) is 4.43. The summed E-state index contributed by atoms with van der Waals surface area (Å²) < 4.78 is 5.43. The fraction of sp³-hybridized carbons (Fsp3) is 0.500. The SMILES string of the molecule is CCC(O)C(=O)CCc1ccc2c(c1)CCO2. The topological polar surface area (TPSA) is 46.5 Å². The quantitative estimate of drug-likeness (QED) is 0.846. The first-order valence-corrected chi connectivity index (χ1v) is 6.16. The fourth-order valence-corrected chi connectivity index (χ4v) is 2.06. The molecular formula is C14H18O3. The number of aryl methyl sites for hydroxylation is 1. The van der Waals surface area contributed by atoms with E-state index in [1.54, 1.807) is 0 Å². The summed E-state index contributed by atoms with van der Waals surface area (Å²) in [5, 5.41) is 9.39. The van der Waals surface area contributed by atoms with E-state index < -0.39 is 6.10 Å². The van der Waals surface area contributed by atoms with E-state index >= 15 is 0 Å². The first-order valence-electron chi connectivity index (χ1n) is 6.16. The highest BCUT2D eigenvalue weighted by Crippen LogP contribution is 2.26. The molecule has 3 heteroatoms. The smallest absolute Gasteiger partial charge is 0.161 e. The lowest BCUT2D eigenvalue weighted by molar-refractivity contribution is -0.127. The first-order chi connectivity index (χ1) is 8.20. The molecule has 0 aliphatic carbocycles. The molecule has 1 atom stereocenters. The largest absolute Gasteiger partial charge is 0.493 e. The number of carbonyl (C=O) groups excluding carboxylic acids is 1. The van der Waals surface area contributed by atoms with Crippen LogP contribution >= 0.6 is 0 Å². The Morgan fingerprint density at radius 1 is 1.53 bits per heavy atom. The number of rotatable bonds is 5. The van der Waals surface area contributed by atoms with Crippen molar-refractivity contribution in [3.8, 4) is 5.75 Å². The van der Waals surface area contributed by atoms with Crippen molar-refractivity contribution in [1.29, 1.82) is 0 Å². The second-order valence-corrected chi connectivity index (χ2v) is 4.43. The van der Waals surface area contributed by atoms with Crippen LogP contribution in [0, 0.1) is 0 Å². The summed E-state index contributed by atoms with van der Waals surface area (Å²) in [4.78, 5) is 11.5. The Morgan fingerprint density at radius 3 is 3.12 bits per heavy atom. The monoisotopic (exact) mass is 234 g/mol. The van der Waals surface area contributed by atoms with Crippen molar-refractivity contribution in [1.82, 2.24) is 0 Å². The van der Waals surface area contributed by atoms with Gasteiger partial charge in [0.05, 0.1) is 6.61 Å². The highest BCUT2D eigenvalue weighted by Gasteiger charge is 2.14. The standard InChI is InChI=1S/C14H18O3/c1-2-12(15)13(16)5-3-10-4-6-14-11(9-10)7-8-17-14/h4,6,9,12,15H,2-3,5,7-8H2,1H3. The minimum Gasteiger partial charge on any atom is -0.493 e. The minimum atomic E-state index is -0.798. The van der Waals surface area contributed by atoms with E-state index in [1.165, 1.54) is 5.56 Å². The first kappa shape index (κ1) is 12.1. The number of ketones is 1. The van der Waals surface area contributed by atoms with Gasteiger partial charge in [0.2, 0.25) is 0 Å². The molecule has 1 aliphatic rings. The van der Waals surface area contributed by atoms with Gasteiger partial charge < -0.3 is 9.84 Å². The van der Waals surface area contributed by atoms with E-state index in [4.69, 9.17) is 4.74 Å². The lowest BCUT2D eigenvalue weighted by Gasteiger charge is -2.07. The van der Waals surface area contributed by atoms with Gasteiger partial charge in [0.1, 0.15) is 11.9 Å². The summed E-state index contributed by atoms with van der Waals surface area (Å²) in [6.07, 6.45) is 1.76. The van der Waals surface area contributed by atoms with Crippen LogP contribution in [0.4, 0.5) is 0 Å². The van der Waals surface area contributed by atoms with Gasteiger partial charge >= 0.3 is 0 Å². The maximum Gasteiger partial charge on any atom is 0.161 e. The maximum absolute atomic E-state index is 11.5. The average molecular weight is 234 g/mol. The van der Waals surface area contributed by atoms with E-state index in [0.29, 0.717) is 19.3 Å². The van der Waals surface area contributed by atoms with Crippen LogP contribution in [-0.4, -0.2) is 23.6 Å². The van der Waals surface area contributed by atoms with Gasteiger partial charge in [-0.05, 0) is 30.0 Å². The molecule has 1 unspecified atom stereocenters. The number of Topliss-reactive ketones (excluding diaryl/α,β-unsaturated/α-hetero) is 1. The van der Waals surface area contributed by atoms with Gasteiger partial charge in [-0.1, -0.05) is 19.1 Å². The van der Waals surface area contributed by atoms with E-state index in [0.717, 1.165) is 24.3 Å². The molecule has 1 aromatic rings. The van der Waals surface area contributed by atoms with Crippen LogP contribution in [0.3, 0.4) is 0 Å². The highest BCUT2D eigenvalue weighted by molar-refractivity contribution is 5.82. The number of hydrogen-bond donors (Lipinski definition) is 1. The molecule has 0 bridgehead atoms. The number of aliphatic hydroxyl groups is 1. The Balaban J connectivity index is 1.93. The highest BCUT2D eigenvalue weighted by atomic mass is 16.5. The summed E-state index contributed by atoms with van der Waals surface area (Å²) in [5.41, 5.74) is 2.37. The Bertz CT molecular complexity index is 412. The van der Waals surface area contributed by atoms with Crippen molar-refractivity contribution in [2.24, 2.45) is 0 Å². The summed E-state index contributed by atoms with van der Waals surface area (Å²) in [6.45, 7) is 2.57. The van der Waals surface area contributed by atoms with Crippen LogP contribution < -0.4 is 4.74 Å². The van der Waals surface area contributed by atoms with Gasteiger partial charge in [0.15, 0.2) is 5.78 Å². The zero-order chi connectivity index (χ0) is 12.3. The summed E-state index contributed by atoms with van der Waals surface area (Å²) in [7, 11) is 0. The van der Waals surface area contributed by atoms with Crippen molar-refractivity contribution in [3.63, 3.8) is 0 Å². The molecule has 2 rings (SSSR count). The molecule has 3 nitrogen and oxygen atoms in total. The number of fused-ring (bicyclic) bond motifs is 1. The molecule has 0 fully saturated rings. The lowest BCUT2D eigenvalue weighted by Crippen LogP contribution is -2.19. The van der Waals surface area contributed by atoms with Crippen LogP contribution in [0.25, 0.3) is 0 Å². The Labute approximate surface area is 101 Å². The molecule has 0 amide bonds. The third kappa shape index (κ3) is 2.86. The third-order valence-corrected chi connectivity index (χ3v) is 3.17. The van der Waals surface area contributed by atoms with Gasteiger partial charge in [0.25, 0.3) is 0 Å². The van der Waals surface area contributed by atoms with Gasteiger partial charge in [-0.3, -0.25) is 4.79 Å². The predicted molar refractivity (Wildman–Crippen MR) is 65.3 cm³/mol. The van der Waals surface area contributed by atoms with E-state index in [2.05, 4.69) is 6.07 Å². The maximum atomic E-state index is 11.5. The summed E-state index contributed by atoms with van der Waals surface area (Å²) in [5.74, 6) is 0.901. The molecule has 0 aromatic heterocycles. The van der Waals surface area contributed by atoms with Gasteiger partial charge in [0, 0.05) is 12.8 Å². The third-order valence-electron chi connectivity index (χ3n) is 3.17. The Morgan fingerprint density at radius 2 is 2.35 bits per heavy atom. The van der Waals surface area contributed by atoms with Crippen molar-refractivity contribution >= 4 is 5.78 Å². The Kier molecular flexibility index (Phi) is 3.79. The molecule has 17 heavy (non-hydrogen) atoms. The number of hydrogen-bond acceptors (Lipinski definition) is 3. The zero-order valence-electron chi connectivity index (χ0n) is 10.1. The Hall–Kier alpha value is -1.35. The van der Waals surface area contributed by atoms with Crippen LogP contribution in [0.1, 0.15) is 30.9 Å². The summed E-state index contributed by atoms with van der Waals surface area (Å²) in [6, 6.07) is 6.07. The van der Waals surface area contributed by atoms with Crippen molar-refractivity contribution in [3.05, 3.63) is 29.3 Å². The number of aliphatic hydroxyl groups excluding tert-OH is 1. The van der Waals surface area contributed by atoms with Crippen LogP contribution in [0.15, 0.2) is 18.2 Å². The molecule has 1 heterocycles. The predicted octanol–water partition coefficient (Wildman–Crippen LogP) is 1.89. The van der Waals surface area contributed by atoms with E-state index in [1.807, 2.05) is 19.1 Å². The van der Waals surface area contributed by atoms with Crippen molar-refractivity contribution < 1.29 is 14.6 Å². The van der Waals surface area contributed by atoms with Crippen molar-refractivity contribution in [2.45, 2.75) is 38.7 Å². The molecule has 0 radical (unpaired) electrons. The van der Waals surface area contributed by atoms with Gasteiger partial charge in [-0.25, -0.2) is 0 Å². The van der Waals surface area contributed by atoms with E-state index in [-0.39, 0.29) is 5.78 Å². The number of carbonyl (C=O) groups is 1. The molecule has 92 valence electrons. The van der Waals surface area contributed by atoms with Gasteiger partial charge in [-0.15, -0.1) is 0 Å². The zero-order valence-corrected chi connectivity index (χ0v) is 10.1.